The fourth-order valence-electron chi connectivity index (χ4n) is 2.99. The number of carbonyl (C=O) groups is 3. The smallest absolute Gasteiger partial charge is 0.247 e. The molecule has 0 aromatic heterocycles. The number of hydrogen-bond donors (Lipinski definition) is 1. The summed E-state index contributed by atoms with van der Waals surface area (Å²) in [5.74, 6) is -0.209. The number of rotatable bonds is 4. The van der Waals surface area contributed by atoms with Crippen molar-refractivity contribution in [2.24, 2.45) is 0 Å². The molecule has 6 heteroatoms. The molecule has 3 fully saturated rings. The van der Waals surface area contributed by atoms with Crippen LogP contribution in [0.3, 0.4) is 0 Å². The van der Waals surface area contributed by atoms with Gasteiger partial charge in [-0.1, -0.05) is 0 Å². The fraction of sp³-hybridized carbons (Fsp3) is 0.786. The van der Waals surface area contributed by atoms with Crippen molar-refractivity contribution in [1.82, 2.24) is 15.1 Å². The quantitative estimate of drug-likeness (QED) is 0.728. The molecule has 2 saturated heterocycles. The third kappa shape index (κ3) is 2.70. The fourth-order valence-corrected chi connectivity index (χ4v) is 2.99. The summed E-state index contributed by atoms with van der Waals surface area (Å²) < 4.78 is 0. The standard InChI is InChI=1S/C14H21N3O3/c18-12-8-11(14(20)17(12)10-4-5-10)15-9-13(19)16-6-2-1-3-7-16/h10-11,15H,1-9H2. The lowest BCUT2D eigenvalue weighted by molar-refractivity contribution is -0.139. The Balaban J connectivity index is 1.49. The number of imide groups is 1. The van der Waals surface area contributed by atoms with Crippen LogP contribution in [0.1, 0.15) is 38.5 Å². The molecular weight excluding hydrogens is 258 g/mol. The molecule has 3 rings (SSSR count). The number of amides is 3. The van der Waals surface area contributed by atoms with E-state index in [-0.39, 0.29) is 36.7 Å². The molecule has 110 valence electrons. The molecule has 1 aliphatic carbocycles. The van der Waals surface area contributed by atoms with Crippen LogP contribution in [-0.4, -0.2) is 59.2 Å². The maximum atomic E-state index is 12.1. The molecule has 2 aliphatic heterocycles. The minimum atomic E-state index is -0.503. The highest BCUT2D eigenvalue weighted by atomic mass is 16.2. The van der Waals surface area contributed by atoms with Crippen molar-refractivity contribution < 1.29 is 14.4 Å². The Hall–Kier alpha value is -1.43. The van der Waals surface area contributed by atoms with E-state index in [1.807, 2.05) is 4.90 Å². The van der Waals surface area contributed by atoms with Crippen LogP contribution >= 0.6 is 0 Å². The maximum Gasteiger partial charge on any atom is 0.247 e. The summed E-state index contributed by atoms with van der Waals surface area (Å²) in [7, 11) is 0. The van der Waals surface area contributed by atoms with Crippen LogP contribution in [0.5, 0.6) is 0 Å². The van der Waals surface area contributed by atoms with Gasteiger partial charge in [-0.2, -0.15) is 0 Å². The van der Waals surface area contributed by atoms with Crippen molar-refractivity contribution in [3.05, 3.63) is 0 Å². The van der Waals surface area contributed by atoms with Crippen LogP contribution < -0.4 is 5.32 Å². The predicted octanol–water partition coefficient (Wildman–Crippen LogP) is -0.122. The third-order valence-corrected chi connectivity index (χ3v) is 4.30. The Morgan fingerprint density at radius 2 is 1.85 bits per heavy atom. The first-order valence-electron chi connectivity index (χ1n) is 7.54. The number of hydrogen-bond acceptors (Lipinski definition) is 4. The molecule has 1 saturated carbocycles. The molecule has 1 unspecified atom stereocenters. The van der Waals surface area contributed by atoms with Crippen molar-refractivity contribution in [3.63, 3.8) is 0 Å². The summed E-state index contributed by atoms with van der Waals surface area (Å²) in [6, 6.07) is -0.378. The van der Waals surface area contributed by atoms with Crippen LogP contribution in [-0.2, 0) is 14.4 Å². The molecule has 3 amide bonds. The predicted molar refractivity (Wildman–Crippen MR) is 71.7 cm³/mol. The van der Waals surface area contributed by atoms with Crippen molar-refractivity contribution in [1.29, 1.82) is 0 Å². The van der Waals surface area contributed by atoms with Gasteiger partial charge in [-0.05, 0) is 32.1 Å². The monoisotopic (exact) mass is 279 g/mol. The van der Waals surface area contributed by atoms with Crippen molar-refractivity contribution >= 4 is 17.7 Å². The van der Waals surface area contributed by atoms with Crippen molar-refractivity contribution in [2.45, 2.75) is 50.6 Å². The number of nitrogens with zero attached hydrogens (tertiary/aromatic N) is 2. The van der Waals surface area contributed by atoms with Gasteiger partial charge < -0.3 is 4.90 Å². The van der Waals surface area contributed by atoms with Crippen LogP contribution in [0.15, 0.2) is 0 Å². The second kappa shape index (κ2) is 5.52. The van der Waals surface area contributed by atoms with Gasteiger partial charge in [0.05, 0.1) is 19.0 Å². The summed E-state index contributed by atoms with van der Waals surface area (Å²) >= 11 is 0. The largest absolute Gasteiger partial charge is 0.342 e. The van der Waals surface area contributed by atoms with E-state index in [1.165, 1.54) is 11.3 Å². The Morgan fingerprint density at radius 3 is 2.50 bits per heavy atom. The minimum absolute atomic E-state index is 0.0369. The average molecular weight is 279 g/mol. The molecule has 0 aromatic rings. The van der Waals surface area contributed by atoms with Crippen molar-refractivity contribution in [3.8, 4) is 0 Å². The summed E-state index contributed by atoms with van der Waals surface area (Å²) in [4.78, 5) is 39.2. The summed E-state index contributed by atoms with van der Waals surface area (Å²) in [5.41, 5.74) is 0. The molecule has 6 nitrogen and oxygen atoms in total. The van der Waals surface area contributed by atoms with E-state index in [9.17, 15) is 14.4 Å². The Labute approximate surface area is 118 Å². The lowest BCUT2D eigenvalue weighted by Crippen LogP contribution is -2.46. The van der Waals surface area contributed by atoms with Crippen molar-refractivity contribution in [2.75, 3.05) is 19.6 Å². The van der Waals surface area contributed by atoms with E-state index >= 15 is 0 Å². The van der Waals surface area contributed by atoms with Gasteiger partial charge in [-0.3, -0.25) is 24.6 Å². The lowest BCUT2D eigenvalue weighted by Gasteiger charge is -2.27. The van der Waals surface area contributed by atoms with Gasteiger partial charge in [0.2, 0.25) is 17.7 Å². The van der Waals surface area contributed by atoms with Gasteiger partial charge in [0.1, 0.15) is 0 Å². The van der Waals surface area contributed by atoms with Gasteiger partial charge in [0.25, 0.3) is 0 Å². The van der Waals surface area contributed by atoms with Crippen LogP contribution in [0.25, 0.3) is 0 Å². The zero-order valence-electron chi connectivity index (χ0n) is 11.6. The Bertz CT molecular complexity index is 427. The van der Waals surface area contributed by atoms with E-state index in [4.69, 9.17) is 0 Å². The van der Waals surface area contributed by atoms with Gasteiger partial charge in [-0.15, -0.1) is 0 Å². The Morgan fingerprint density at radius 1 is 1.15 bits per heavy atom. The van der Waals surface area contributed by atoms with Crippen LogP contribution in [0.2, 0.25) is 0 Å². The average Bonchev–Trinajstić information content (AvgIpc) is 3.24. The van der Waals surface area contributed by atoms with E-state index in [0.29, 0.717) is 0 Å². The molecule has 2 heterocycles. The summed E-state index contributed by atoms with van der Waals surface area (Å²) in [5, 5.41) is 2.97. The zero-order chi connectivity index (χ0) is 14.1. The first-order valence-corrected chi connectivity index (χ1v) is 7.54. The van der Waals surface area contributed by atoms with Gasteiger partial charge >= 0.3 is 0 Å². The summed E-state index contributed by atoms with van der Waals surface area (Å²) in [6.07, 6.45) is 5.35. The van der Waals surface area contributed by atoms with E-state index in [0.717, 1.165) is 38.8 Å². The SMILES string of the molecule is O=C(CNC1CC(=O)N(C2CC2)C1=O)N1CCCCC1. The molecule has 0 aromatic carbocycles. The molecule has 0 bridgehead atoms. The number of nitrogens with one attached hydrogen (secondary N) is 1. The van der Waals surface area contributed by atoms with Gasteiger partial charge in [0, 0.05) is 19.1 Å². The summed E-state index contributed by atoms with van der Waals surface area (Å²) in [6.45, 7) is 1.78. The molecular formula is C14H21N3O3. The minimum Gasteiger partial charge on any atom is -0.342 e. The zero-order valence-corrected chi connectivity index (χ0v) is 11.6. The first-order chi connectivity index (χ1) is 9.66. The maximum absolute atomic E-state index is 12.1. The molecule has 0 spiro atoms. The lowest BCUT2D eigenvalue weighted by atomic mass is 10.1. The normalized spacial score (nSPS) is 27.3. The molecule has 20 heavy (non-hydrogen) atoms. The highest BCUT2D eigenvalue weighted by Crippen LogP contribution is 2.31. The molecule has 1 N–H and O–H groups in total. The third-order valence-electron chi connectivity index (χ3n) is 4.30. The second-order valence-electron chi connectivity index (χ2n) is 5.91. The topological polar surface area (TPSA) is 69.7 Å². The Kier molecular flexibility index (Phi) is 3.74. The second-order valence-corrected chi connectivity index (χ2v) is 5.91. The van der Waals surface area contributed by atoms with Gasteiger partial charge in [-0.25, -0.2) is 0 Å². The van der Waals surface area contributed by atoms with E-state index in [1.54, 1.807) is 0 Å². The number of piperidine rings is 1. The van der Waals surface area contributed by atoms with E-state index in [2.05, 4.69) is 5.32 Å². The van der Waals surface area contributed by atoms with E-state index < -0.39 is 6.04 Å². The molecule has 1 atom stereocenters. The van der Waals surface area contributed by atoms with Crippen LogP contribution in [0.4, 0.5) is 0 Å². The highest BCUT2D eigenvalue weighted by Gasteiger charge is 2.45. The van der Waals surface area contributed by atoms with Gasteiger partial charge in [0.15, 0.2) is 0 Å². The number of carbonyl (C=O) groups excluding carboxylic acids is 3. The molecule has 0 radical (unpaired) electrons. The molecule has 3 aliphatic rings. The van der Waals surface area contributed by atoms with Crippen LogP contribution in [0, 0.1) is 0 Å². The highest BCUT2D eigenvalue weighted by molar-refractivity contribution is 6.06. The number of likely N-dealkylation sites (tertiary alicyclic amines) is 2. The first kappa shape index (κ1) is 13.5.